The van der Waals surface area contributed by atoms with Crippen LogP contribution in [0.25, 0.3) is 0 Å². The molecule has 3 amide bonds. The van der Waals surface area contributed by atoms with Crippen molar-refractivity contribution >= 4 is 43.1 Å². The van der Waals surface area contributed by atoms with Crippen LogP contribution in [0.1, 0.15) is 125 Å². The Bertz CT molecular complexity index is 1110. The summed E-state index contributed by atoms with van der Waals surface area (Å²) in [5.74, 6) is -1.60. The van der Waals surface area contributed by atoms with Gasteiger partial charge in [0.15, 0.2) is 5.78 Å². The molecule has 0 heterocycles. The summed E-state index contributed by atoms with van der Waals surface area (Å²) < 4.78 is 34.9. The molecule has 0 fully saturated rings. The van der Waals surface area contributed by atoms with E-state index in [0.717, 1.165) is 0 Å². The molecule has 2 atom stereocenters. The van der Waals surface area contributed by atoms with E-state index in [1.165, 1.54) is 0 Å². The maximum absolute atomic E-state index is 13.1. The van der Waals surface area contributed by atoms with Crippen molar-refractivity contribution in [3.63, 3.8) is 0 Å². The predicted molar refractivity (Wildman–Crippen MR) is 166 cm³/mol. The van der Waals surface area contributed by atoms with Gasteiger partial charge in [0.2, 0.25) is 5.91 Å². The second kappa shape index (κ2) is 12.7. The van der Waals surface area contributed by atoms with Crippen LogP contribution in [0.4, 0.5) is 0 Å². The van der Waals surface area contributed by atoms with E-state index in [-0.39, 0.29) is 17.4 Å². The van der Waals surface area contributed by atoms with Gasteiger partial charge in [0, 0.05) is 26.4 Å². The van der Waals surface area contributed by atoms with Crippen molar-refractivity contribution in [2.24, 2.45) is 30.4 Å². The third kappa shape index (κ3) is 12.5. The lowest BCUT2D eigenvalue weighted by Crippen LogP contribution is -2.47. The molecule has 0 spiro atoms. The average molecular weight is 608 g/mol. The number of nitrogens with zero attached hydrogens (tertiary/aromatic N) is 2. The summed E-state index contributed by atoms with van der Waals surface area (Å²) in [5, 5.41) is 0. The lowest BCUT2D eigenvalue weighted by Gasteiger charge is -2.28. The van der Waals surface area contributed by atoms with Crippen LogP contribution in [0.5, 0.6) is 0 Å². The highest BCUT2D eigenvalue weighted by atomic mass is 32.2. The molecule has 0 saturated carbocycles. The first-order valence-electron chi connectivity index (χ1n) is 13.5. The molecule has 0 aliphatic carbocycles. The largest absolute Gasteiger partial charge is 0.298 e. The van der Waals surface area contributed by atoms with Crippen LogP contribution >= 0.6 is 0 Å². The fourth-order valence-electron chi connectivity index (χ4n) is 1.90. The third-order valence-corrected chi connectivity index (χ3v) is 11.2. The van der Waals surface area contributed by atoms with Crippen molar-refractivity contribution < 1.29 is 27.6 Å². The van der Waals surface area contributed by atoms with E-state index in [0.29, 0.717) is 0 Å². The van der Waals surface area contributed by atoms with E-state index in [1.54, 1.807) is 125 Å². The van der Waals surface area contributed by atoms with Gasteiger partial charge in [-0.3, -0.25) is 23.9 Å². The summed E-state index contributed by atoms with van der Waals surface area (Å²) in [7, 11) is -6.14. The summed E-state index contributed by atoms with van der Waals surface area (Å²) in [6.07, 6.45) is 0. The van der Waals surface area contributed by atoms with Gasteiger partial charge >= 0.3 is 0 Å². The first-order valence-corrected chi connectivity index (χ1v) is 16.7. The second-order valence-corrected chi connectivity index (χ2v) is 21.8. The topological polar surface area (TPSA) is 139 Å². The van der Waals surface area contributed by atoms with E-state index < -0.39 is 62.6 Å². The van der Waals surface area contributed by atoms with E-state index in [4.69, 9.17) is 0 Å². The van der Waals surface area contributed by atoms with Crippen LogP contribution in [0.2, 0.25) is 0 Å². The van der Waals surface area contributed by atoms with Gasteiger partial charge in [0.05, 0.1) is 20.2 Å². The lowest BCUT2D eigenvalue weighted by atomic mass is 9.92. The van der Waals surface area contributed by atoms with Crippen LogP contribution < -0.4 is 4.72 Å². The zero-order chi connectivity index (χ0) is 33.1. The van der Waals surface area contributed by atoms with Gasteiger partial charge in [-0.15, -0.1) is 4.36 Å². The monoisotopic (exact) mass is 607 g/mol. The zero-order valence-corrected chi connectivity index (χ0v) is 30.0. The number of ketones is 1. The first kappa shape index (κ1) is 40.5. The molecular formula is C29H57N3O6S2. The molecule has 0 aliphatic rings. The molecule has 0 aromatic carbocycles. The van der Waals surface area contributed by atoms with Gasteiger partial charge in [-0.2, -0.15) is 4.36 Å². The number of amides is 3. The van der Waals surface area contributed by atoms with Gasteiger partial charge in [0.1, 0.15) is 9.92 Å². The maximum Gasteiger partial charge on any atom is 0.260 e. The average Bonchev–Trinajstić information content (AvgIpc) is 2.63. The molecule has 0 bridgehead atoms. The summed E-state index contributed by atoms with van der Waals surface area (Å²) in [6.45, 7) is 31.1. The molecule has 0 aliphatic heterocycles. The second-order valence-electron chi connectivity index (χ2n) is 16.2. The van der Waals surface area contributed by atoms with Gasteiger partial charge in [-0.1, -0.05) is 83.1 Å². The normalized spacial score (nSPS) is 16.4. The molecule has 0 aromatic heterocycles. The lowest BCUT2D eigenvalue weighted by molar-refractivity contribution is -0.126. The SMILES string of the molecule is CC(C)(C)C(=O)CS(=O)(=NC(=O)C(C)(C)C)C(C)(C)C.CC(C)(C)C(=O)N=S(=O)(NC(=O)C(C)(C)C)C(C)(C)C. The molecule has 1 N–H and O–H groups in total. The molecule has 0 saturated heterocycles. The van der Waals surface area contributed by atoms with Crippen molar-refractivity contribution in [2.45, 2.75) is 134 Å². The number of rotatable bonds is 3. The summed E-state index contributed by atoms with van der Waals surface area (Å²) >= 11 is 0. The van der Waals surface area contributed by atoms with Crippen molar-refractivity contribution in [2.75, 3.05) is 5.75 Å². The Balaban J connectivity index is 0. The molecular weight excluding hydrogens is 550 g/mol. The van der Waals surface area contributed by atoms with Crippen LogP contribution in [0.3, 0.4) is 0 Å². The number of Topliss-reactive ketones (excluding diaryl/α,β-unsaturated/α-hetero) is 1. The highest BCUT2D eigenvalue weighted by molar-refractivity contribution is 7.95. The standard InChI is InChI=1S/C15H29NO3S.C14H28N2O3S/c1-13(2,3)11(17)10-20(19,15(7,8)9)16-12(18)14(4,5)6;1-12(2,3)10(17)15-20(19,14(7,8)9)16-11(18)13(4,5)6/h10H2,1-9H3;1-9H3,(H,15,16,17,18,19). The van der Waals surface area contributed by atoms with Crippen LogP contribution in [0, 0.1) is 21.7 Å². The Labute approximate surface area is 245 Å². The Morgan fingerprint density at radius 1 is 0.525 bits per heavy atom. The van der Waals surface area contributed by atoms with Crippen LogP contribution in [-0.2, 0) is 38.8 Å². The van der Waals surface area contributed by atoms with Crippen molar-refractivity contribution in [3.05, 3.63) is 0 Å². The molecule has 11 heteroatoms. The van der Waals surface area contributed by atoms with Gasteiger partial charge in [0.25, 0.3) is 11.8 Å². The molecule has 40 heavy (non-hydrogen) atoms. The van der Waals surface area contributed by atoms with Gasteiger partial charge in [-0.05, 0) is 41.5 Å². The minimum atomic E-state index is -3.19. The smallest absolute Gasteiger partial charge is 0.260 e. The van der Waals surface area contributed by atoms with Crippen LogP contribution in [0.15, 0.2) is 8.73 Å². The van der Waals surface area contributed by atoms with Gasteiger partial charge < -0.3 is 0 Å². The Morgan fingerprint density at radius 3 is 1.12 bits per heavy atom. The fourth-order valence-corrected chi connectivity index (χ4v) is 5.69. The Morgan fingerprint density at radius 2 is 0.875 bits per heavy atom. The summed E-state index contributed by atoms with van der Waals surface area (Å²) in [4.78, 5) is 48.5. The number of hydrogen-bond donors (Lipinski definition) is 1. The third-order valence-electron chi connectivity index (χ3n) is 5.59. The number of carbonyl (C=O) groups is 4. The first-order chi connectivity index (χ1) is 17.0. The predicted octanol–water partition coefficient (Wildman–Crippen LogP) is 6.34. The van der Waals surface area contributed by atoms with Crippen molar-refractivity contribution in [1.29, 1.82) is 0 Å². The molecule has 0 aromatic rings. The zero-order valence-electron chi connectivity index (χ0n) is 28.4. The molecule has 2 unspecified atom stereocenters. The van der Waals surface area contributed by atoms with Gasteiger partial charge in [-0.25, -0.2) is 8.42 Å². The Kier molecular flexibility index (Phi) is 12.9. The number of carbonyl (C=O) groups excluding carboxylic acids is 4. The summed E-state index contributed by atoms with van der Waals surface area (Å²) in [5.41, 5.74) is -2.72. The highest BCUT2D eigenvalue weighted by Gasteiger charge is 2.37. The van der Waals surface area contributed by atoms with E-state index in [9.17, 15) is 27.6 Å². The van der Waals surface area contributed by atoms with E-state index in [1.807, 2.05) is 0 Å². The van der Waals surface area contributed by atoms with Crippen molar-refractivity contribution in [3.8, 4) is 0 Å². The Hall–Kier alpha value is -1.62. The summed E-state index contributed by atoms with van der Waals surface area (Å²) in [6, 6.07) is 0. The molecule has 0 rings (SSSR count). The van der Waals surface area contributed by atoms with E-state index >= 15 is 0 Å². The number of hydrogen-bond acceptors (Lipinski definition) is 6. The van der Waals surface area contributed by atoms with E-state index in [2.05, 4.69) is 13.4 Å². The highest BCUT2D eigenvalue weighted by Crippen LogP contribution is 2.27. The molecule has 9 nitrogen and oxygen atoms in total. The minimum Gasteiger partial charge on any atom is -0.298 e. The van der Waals surface area contributed by atoms with Crippen molar-refractivity contribution in [1.82, 2.24) is 4.72 Å². The minimum absolute atomic E-state index is 0.136. The molecule has 0 radical (unpaired) electrons. The van der Waals surface area contributed by atoms with Crippen LogP contribution in [-0.4, -0.2) is 47.2 Å². The number of nitrogens with one attached hydrogen (secondary N) is 1. The molecule has 236 valence electrons. The fraction of sp³-hybridized carbons (Fsp3) is 0.862. The maximum atomic E-state index is 13.1. The quantitative estimate of drug-likeness (QED) is 0.397.